The Labute approximate surface area is 105 Å². The second kappa shape index (κ2) is 5.82. The van der Waals surface area contributed by atoms with Crippen LogP contribution in [0.4, 0.5) is 0 Å². The summed E-state index contributed by atoms with van der Waals surface area (Å²) in [7, 11) is -1.58. The van der Waals surface area contributed by atoms with Crippen molar-refractivity contribution in [3.05, 3.63) is 47.4 Å². The molecule has 0 fully saturated rings. The molecule has 0 radical (unpaired) electrons. The highest BCUT2D eigenvalue weighted by Gasteiger charge is 2.16. The molecular formula is C14H21NOSi. The third kappa shape index (κ3) is 5.00. The first kappa shape index (κ1) is 13.7. The number of aryl methyl sites for hydroxylation is 1. The largest absolute Gasteiger partial charge is 0.532 e. The van der Waals surface area contributed by atoms with E-state index in [2.05, 4.69) is 43.7 Å². The summed E-state index contributed by atoms with van der Waals surface area (Å²) < 4.78 is 5.85. The Kier molecular flexibility index (Phi) is 4.69. The molecule has 0 bridgehead atoms. The summed E-state index contributed by atoms with van der Waals surface area (Å²) in [6.07, 6.45) is 3.78. The summed E-state index contributed by atoms with van der Waals surface area (Å²) in [5.74, 6) is 0.715. The predicted molar refractivity (Wildman–Crippen MR) is 77.0 cm³/mol. The molecule has 0 saturated heterocycles. The highest BCUT2D eigenvalue weighted by Crippen LogP contribution is 2.12. The molecule has 17 heavy (non-hydrogen) atoms. The van der Waals surface area contributed by atoms with Gasteiger partial charge >= 0.3 is 0 Å². The van der Waals surface area contributed by atoms with Crippen molar-refractivity contribution in [1.82, 2.24) is 0 Å². The van der Waals surface area contributed by atoms with Crippen LogP contribution in [-0.4, -0.2) is 14.5 Å². The second-order valence-electron chi connectivity index (χ2n) is 4.96. The number of hydrogen-bond donors (Lipinski definition) is 0. The average molecular weight is 247 g/mol. The third-order valence-electron chi connectivity index (χ3n) is 2.18. The van der Waals surface area contributed by atoms with E-state index < -0.39 is 8.32 Å². The van der Waals surface area contributed by atoms with Crippen LogP contribution in [0.2, 0.25) is 19.6 Å². The molecule has 0 atom stereocenters. The van der Waals surface area contributed by atoms with Gasteiger partial charge in [-0.05, 0) is 50.7 Å². The van der Waals surface area contributed by atoms with E-state index in [4.69, 9.17) is 4.43 Å². The Bertz CT molecular complexity index is 430. The lowest BCUT2D eigenvalue weighted by molar-refractivity contribution is 0.417. The standard InChI is InChI=1S/C14H21NOSi/c1-6-14(16-17(3,4)5)15-11-13-10-8-7-9-12(13)2/h6-11H,1-5H3/b14-6-,15-11+. The lowest BCUT2D eigenvalue weighted by atomic mass is 10.1. The van der Waals surface area contributed by atoms with Gasteiger partial charge in [-0.25, -0.2) is 4.99 Å². The highest BCUT2D eigenvalue weighted by molar-refractivity contribution is 6.70. The molecule has 2 nitrogen and oxygen atoms in total. The van der Waals surface area contributed by atoms with E-state index in [1.165, 1.54) is 5.56 Å². The molecule has 0 saturated carbocycles. The number of benzene rings is 1. The highest BCUT2D eigenvalue weighted by atomic mass is 28.4. The predicted octanol–water partition coefficient (Wildman–Crippen LogP) is 4.13. The zero-order valence-electron chi connectivity index (χ0n) is 11.3. The van der Waals surface area contributed by atoms with Crippen molar-refractivity contribution in [2.75, 3.05) is 0 Å². The molecule has 0 unspecified atom stereocenters. The molecule has 3 heteroatoms. The number of rotatable bonds is 4. The molecule has 1 aromatic carbocycles. The minimum absolute atomic E-state index is 0.715. The molecule has 0 amide bonds. The molecule has 0 aliphatic carbocycles. The van der Waals surface area contributed by atoms with Crippen LogP contribution in [0.1, 0.15) is 18.1 Å². The minimum atomic E-state index is -1.58. The summed E-state index contributed by atoms with van der Waals surface area (Å²) in [6.45, 7) is 10.5. The maximum Gasteiger partial charge on any atom is 0.244 e. The van der Waals surface area contributed by atoms with Gasteiger partial charge in [0, 0.05) is 6.21 Å². The fraction of sp³-hybridized carbons (Fsp3) is 0.357. The Balaban J connectivity index is 2.80. The SMILES string of the molecule is C/C=C(/N=C/c1ccccc1C)O[Si](C)(C)C. The van der Waals surface area contributed by atoms with Crippen LogP contribution in [0.5, 0.6) is 0 Å². The van der Waals surface area contributed by atoms with Gasteiger partial charge in [-0.3, -0.25) is 0 Å². The molecule has 0 N–H and O–H groups in total. The van der Waals surface area contributed by atoms with Gasteiger partial charge in [-0.2, -0.15) is 0 Å². The van der Waals surface area contributed by atoms with E-state index in [-0.39, 0.29) is 0 Å². The molecule has 0 aromatic heterocycles. The van der Waals surface area contributed by atoms with Crippen LogP contribution >= 0.6 is 0 Å². The summed E-state index contributed by atoms with van der Waals surface area (Å²) in [6, 6.07) is 8.18. The van der Waals surface area contributed by atoms with Crippen molar-refractivity contribution in [3.8, 4) is 0 Å². The molecule has 0 aliphatic rings. The monoisotopic (exact) mass is 247 g/mol. The Morgan fingerprint density at radius 2 is 1.88 bits per heavy atom. The van der Waals surface area contributed by atoms with Crippen LogP contribution in [0, 0.1) is 6.92 Å². The number of allylic oxidation sites excluding steroid dienone is 1. The van der Waals surface area contributed by atoms with Crippen molar-refractivity contribution in [2.24, 2.45) is 4.99 Å². The molecule has 0 heterocycles. The van der Waals surface area contributed by atoms with Crippen molar-refractivity contribution in [3.63, 3.8) is 0 Å². The van der Waals surface area contributed by atoms with E-state index in [1.54, 1.807) is 0 Å². The van der Waals surface area contributed by atoms with Gasteiger partial charge in [0.15, 0.2) is 5.88 Å². The molecule has 1 aromatic rings. The van der Waals surface area contributed by atoms with Crippen LogP contribution in [0.3, 0.4) is 0 Å². The zero-order chi connectivity index (χ0) is 12.9. The van der Waals surface area contributed by atoms with Crippen LogP contribution in [-0.2, 0) is 4.43 Å². The maximum atomic E-state index is 5.85. The Morgan fingerprint density at radius 1 is 1.24 bits per heavy atom. The number of aliphatic imine (C=N–C) groups is 1. The van der Waals surface area contributed by atoms with E-state index in [9.17, 15) is 0 Å². The van der Waals surface area contributed by atoms with Crippen molar-refractivity contribution in [2.45, 2.75) is 33.5 Å². The maximum absolute atomic E-state index is 5.85. The number of nitrogens with zero attached hydrogens (tertiary/aromatic N) is 1. The smallest absolute Gasteiger partial charge is 0.244 e. The minimum Gasteiger partial charge on any atom is -0.532 e. The van der Waals surface area contributed by atoms with Crippen molar-refractivity contribution < 1.29 is 4.43 Å². The van der Waals surface area contributed by atoms with Gasteiger partial charge < -0.3 is 4.43 Å². The third-order valence-corrected chi connectivity index (χ3v) is 3.00. The van der Waals surface area contributed by atoms with Crippen LogP contribution in [0.25, 0.3) is 0 Å². The lowest BCUT2D eigenvalue weighted by Gasteiger charge is -2.18. The normalized spacial score (nSPS) is 13.1. The Morgan fingerprint density at radius 3 is 2.41 bits per heavy atom. The lowest BCUT2D eigenvalue weighted by Crippen LogP contribution is -2.24. The second-order valence-corrected chi connectivity index (χ2v) is 9.39. The molecule has 0 aliphatic heterocycles. The van der Waals surface area contributed by atoms with E-state index in [0.717, 1.165) is 5.56 Å². The first-order valence-corrected chi connectivity index (χ1v) is 9.28. The van der Waals surface area contributed by atoms with E-state index >= 15 is 0 Å². The fourth-order valence-electron chi connectivity index (χ4n) is 1.34. The molecular weight excluding hydrogens is 226 g/mol. The van der Waals surface area contributed by atoms with Gasteiger partial charge in [0.2, 0.25) is 8.32 Å². The van der Waals surface area contributed by atoms with Crippen molar-refractivity contribution in [1.29, 1.82) is 0 Å². The molecule has 92 valence electrons. The van der Waals surface area contributed by atoms with Gasteiger partial charge in [-0.1, -0.05) is 24.3 Å². The summed E-state index contributed by atoms with van der Waals surface area (Å²) >= 11 is 0. The van der Waals surface area contributed by atoms with E-state index in [0.29, 0.717) is 5.88 Å². The first-order chi connectivity index (χ1) is 7.92. The summed E-state index contributed by atoms with van der Waals surface area (Å²) in [5.41, 5.74) is 2.35. The van der Waals surface area contributed by atoms with Gasteiger partial charge in [0.25, 0.3) is 0 Å². The van der Waals surface area contributed by atoms with E-state index in [1.807, 2.05) is 31.3 Å². The van der Waals surface area contributed by atoms with Crippen LogP contribution in [0.15, 0.2) is 41.2 Å². The van der Waals surface area contributed by atoms with Crippen molar-refractivity contribution >= 4 is 14.5 Å². The Hall–Kier alpha value is -1.35. The van der Waals surface area contributed by atoms with Gasteiger partial charge in [0.05, 0.1) is 0 Å². The zero-order valence-corrected chi connectivity index (χ0v) is 12.3. The fourth-order valence-corrected chi connectivity index (χ4v) is 2.14. The quantitative estimate of drug-likeness (QED) is 0.445. The first-order valence-electron chi connectivity index (χ1n) is 5.87. The number of hydrogen-bond acceptors (Lipinski definition) is 2. The summed E-state index contributed by atoms with van der Waals surface area (Å²) in [4.78, 5) is 4.41. The topological polar surface area (TPSA) is 21.6 Å². The van der Waals surface area contributed by atoms with Gasteiger partial charge in [-0.15, -0.1) is 0 Å². The summed E-state index contributed by atoms with van der Waals surface area (Å²) in [5, 5.41) is 0. The van der Waals surface area contributed by atoms with Gasteiger partial charge in [0.1, 0.15) is 0 Å². The van der Waals surface area contributed by atoms with Crippen LogP contribution < -0.4 is 0 Å². The molecule has 0 spiro atoms. The average Bonchev–Trinajstić information content (AvgIpc) is 2.24. The molecule has 1 rings (SSSR count).